The van der Waals surface area contributed by atoms with Crippen LogP contribution < -0.4 is 0 Å². The van der Waals surface area contributed by atoms with Gasteiger partial charge in [-0.05, 0) is 36.5 Å². The first-order valence-corrected chi connectivity index (χ1v) is 6.79. The number of aliphatic hydroxyl groups excluding tert-OH is 2. The summed E-state index contributed by atoms with van der Waals surface area (Å²) >= 11 is 0. The Bertz CT molecular complexity index is 376. The van der Waals surface area contributed by atoms with Crippen LogP contribution in [0.25, 0.3) is 0 Å². The first-order chi connectivity index (χ1) is 8.36. The van der Waals surface area contributed by atoms with E-state index in [2.05, 4.69) is 13.5 Å². The van der Waals surface area contributed by atoms with Crippen molar-refractivity contribution in [1.29, 1.82) is 0 Å². The molecule has 0 bridgehead atoms. The van der Waals surface area contributed by atoms with E-state index in [0.717, 1.165) is 18.4 Å². The number of hydrogen-bond acceptors (Lipinski definition) is 3. The zero-order valence-electron chi connectivity index (χ0n) is 11.4. The van der Waals surface area contributed by atoms with Crippen LogP contribution in [-0.2, 0) is 4.79 Å². The molecular weight excluding hydrogens is 228 g/mol. The van der Waals surface area contributed by atoms with Crippen LogP contribution in [-0.4, -0.2) is 29.2 Å². The van der Waals surface area contributed by atoms with Crippen molar-refractivity contribution in [2.75, 3.05) is 13.2 Å². The number of fused-ring (bicyclic) bond motifs is 1. The van der Waals surface area contributed by atoms with E-state index in [4.69, 9.17) is 0 Å². The summed E-state index contributed by atoms with van der Waals surface area (Å²) in [5.41, 5.74) is 0.347. The van der Waals surface area contributed by atoms with Gasteiger partial charge in [-0.2, -0.15) is 0 Å². The quantitative estimate of drug-likeness (QED) is 0.738. The number of carbonyl (C=O) groups excluding carboxylic acids is 1. The molecule has 3 heteroatoms. The molecule has 0 radical (unpaired) electrons. The van der Waals surface area contributed by atoms with Crippen LogP contribution >= 0.6 is 0 Å². The Morgan fingerprint density at radius 2 is 2.00 bits per heavy atom. The summed E-state index contributed by atoms with van der Waals surface area (Å²) in [4.78, 5) is 12.2. The summed E-state index contributed by atoms with van der Waals surface area (Å²) in [5.74, 6) is 0.911. The maximum absolute atomic E-state index is 12.2. The second-order valence-corrected chi connectivity index (χ2v) is 6.74. The predicted molar refractivity (Wildman–Crippen MR) is 70.0 cm³/mol. The van der Waals surface area contributed by atoms with Crippen molar-refractivity contribution in [2.45, 2.75) is 39.5 Å². The third kappa shape index (κ3) is 1.94. The van der Waals surface area contributed by atoms with Gasteiger partial charge in [0.15, 0.2) is 0 Å². The monoisotopic (exact) mass is 252 g/mol. The lowest BCUT2D eigenvalue weighted by Gasteiger charge is -2.55. The van der Waals surface area contributed by atoms with Crippen molar-refractivity contribution in [3.05, 3.63) is 12.2 Å². The van der Waals surface area contributed by atoms with Crippen LogP contribution in [0.3, 0.4) is 0 Å². The fraction of sp³-hybridized carbons (Fsp3) is 0.800. The van der Waals surface area contributed by atoms with Crippen LogP contribution in [0.15, 0.2) is 12.2 Å². The van der Waals surface area contributed by atoms with Crippen molar-refractivity contribution in [2.24, 2.45) is 22.7 Å². The van der Waals surface area contributed by atoms with Gasteiger partial charge in [-0.1, -0.05) is 26.0 Å². The van der Waals surface area contributed by atoms with Gasteiger partial charge in [0.25, 0.3) is 0 Å². The first-order valence-electron chi connectivity index (χ1n) is 6.79. The van der Waals surface area contributed by atoms with Crippen LogP contribution in [0.1, 0.15) is 39.5 Å². The highest BCUT2D eigenvalue weighted by molar-refractivity contribution is 5.86. The van der Waals surface area contributed by atoms with Crippen LogP contribution in [0.2, 0.25) is 0 Å². The topological polar surface area (TPSA) is 57.5 Å². The lowest BCUT2D eigenvalue weighted by atomic mass is 9.49. The lowest BCUT2D eigenvalue weighted by Crippen LogP contribution is -2.51. The Kier molecular flexibility index (Phi) is 3.41. The van der Waals surface area contributed by atoms with E-state index in [1.807, 2.05) is 6.92 Å². The highest BCUT2D eigenvalue weighted by Crippen LogP contribution is 2.57. The maximum Gasteiger partial charge on any atom is 0.145 e. The number of aliphatic hydroxyl groups is 2. The average molecular weight is 252 g/mol. The second-order valence-electron chi connectivity index (χ2n) is 6.74. The fourth-order valence-corrected chi connectivity index (χ4v) is 3.61. The summed E-state index contributed by atoms with van der Waals surface area (Å²) < 4.78 is 0. The number of Topliss-reactive ketones (excluding diaryl/α,β-unsaturated/α-hetero) is 1. The summed E-state index contributed by atoms with van der Waals surface area (Å²) in [5, 5.41) is 19.0. The van der Waals surface area contributed by atoms with Crippen LogP contribution in [0.5, 0.6) is 0 Å². The fourth-order valence-electron chi connectivity index (χ4n) is 3.61. The van der Waals surface area contributed by atoms with Crippen molar-refractivity contribution >= 4 is 5.78 Å². The Morgan fingerprint density at radius 3 is 2.56 bits per heavy atom. The molecule has 0 aromatic carbocycles. The summed E-state index contributed by atoms with van der Waals surface area (Å²) in [7, 11) is 0. The molecule has 2 saturated carbocycles. The third-order valence-corrected chi connectivity index (χ3v) is 5.37. The Morgan fingerprint density at radius 1 is 1.33 bits per heavy atom. The number of rotatable bonds is 2. The first kappa shape index (κ1) is 13.8. The van der Waals surface area contributed by atoms with Crippen molar-refractivity contribution in [3.8, 4) is 0 Å². The largest absolute Gasteiger partial charge is 0.396 e. The van der Waals surface area contributed by atoms with E-state index in [0.29, 0.717) is 24.7 Å². The second kappa shape index (κ2) is 4.46. The summed E-state index contributed by atoms with van der Waals surface area (Å²) in [6.45, 7) is 8.13. The van der Waals surface area contributed by atoms with E-state index in [9.17, 15) is 15.0 Å². The highest BCUT2D eigenvalue weighted by atomic mass is 16.3. The zero-order chi connectivity index (χ0) is 13.6. The summed E-state index contributed by atoms with van der Waals surface area (Å²) in [6, 6.07) is 0. The van der Waals surface area contributed by atoms with Gasteiger partial charge in [-0.3, -0.25) is 4.79 Å². The third-order valence-electron chi connectivity index (χ3n) is 5.37. The molecule has 0 aromatic rings. The van der Waals surface area contributed by atoms with Gasteiger partial charge in [-0.15, -0.1) is 0 Å². The average Bonchev–Trinajstić information content (AvgIpc) is 2.33. The molecule has 2 aliphatic rings. The molecule has 2 fully saturated rings. The molecule has 3 nitrogen and oxygen atoms in total. The summed E-state index contributed by atoms with van der Waals surface area (Å²) in [6.07, 6.45) is 2.94. The minimum atomic E-state index is -0.625. The van der Waals surface area contributed by atoms with Gasteiger partial charge in [0.05, 0.1) is 6.61 Å². The molecular formula is C15H24O3. The van der Waals surface area contributed by atoms with E-state index in [1.54, 1.807) is 0 Å². The van der Waals surface area contributed by atoms with Gasteiger partial charge in [0, 0.05) is 18.4 Å². The molecule has 2 N–H and O–H groups in total. The van der Waals surface area contributed by atoms with Crippen molar-refractivity contribution in [3.63, 3.8) is 0 Å². The molecule has 0 aliphatic heterocycles. The van der Waals surface area contributed by atoms with E-state index < -0.39 is 5.41 Å². The molecule has 0 amide bonds. The smallest absolute Gasteiger partial charge is 0.145 e. The molecule has 102 valence electrons. The zero-order valence-corrected chi connectivity index (χ0v) is 11.4. The highest BCUT2D eigenvalue weighted by Gasteiger charge is 2.52. The predicted octanol–water partition coefficient (Wildman–Crippen LogP) is 1.93. The lowest BCUT2D eigenvalue weighted by molar-refractivity contribution is -0.134. The number of hydrogen-bond donors (Lipinski definition) is 2. The SMILES string of the molecule is C=C1CC(=O)C(C)(CO)CC[C@@H]2[C@@H]1C[C@@]2(C)CO. The molecule has 1 unspecified atom stereocenters. The molecule has 2 rings (SSSR count). The van der Waals surface area contributed by atoms with Gasteiger partial charge in [0.2, 0.25) is 0 Å². The Labute approximate surface area is 109 Å². The van der Waals surface area contributed by atoms with E-state index >= 15 is 0 Å². The molecule has 0 saturated heterocycles. The molecule has 4 atom stereocenters. The minimum Gasteiger partial charge on any atom is -0.396 e. The minimum absolute atomic E-state index is 0.0235. The standard InChI is InChI=1S/C15H24O3/c1-10-6-13(18)14(2,8-16)5-4-12-11(10)7-15(12,3)9-17/h11-12,16-17H,1,4-9H2,2-3H3/t11-,12-,14?,15+/m1/s1. The van der Waals surface area contributed by atoms with Gasteiger partial charge in [0.1, 0.15) is 5.78 Å². The Hall–Kier alpha value is -0.670. The number of carbonyl (C=O) groups is 1. The van der Waals surface area contributed by atoms with Crippen molar-refractivity contribution in [1.82, 2.24) is 0 Å². The number of ketones is 1. The van der Waals surface area contributed by atoms with Crippen molar-refractivity contribution < 1.29 is 15.0 Å². The molecule has 0 aromatic heterocycles. The van der Waals surface area contributed by atoms with Gasteiger partial charge in [-0.25, -0.2) is 0 Å². The van der Waals surface area contributed by atoms with Gasteiger partial charge < -0.3 is 10.2 Å². The normalized spacial score (nSPS) is 44.9. The van der Waals surface area contributed by atoms with Crippen LogP contribution in [0.4, 0.5) is 0 Å². The number of allylic oxidation sites excluding steroid dienone is 1. The maximum atomic E-state index is 12.2. The molecule has 18 heavy (non-hydrogen) atoms. The Balaban J connectivity index is 2.20. The van der Waals surface area contributed by atoms with Crippen LogP contribution in [0, 0.1) is 22.7 Å². The molecule has 2 aliphatic carbocycles. The van der Waals surface area contributed by atoms with E-state index in [-0.39, 0.29) is 24.4 Å². The van der Waals surface area contributed by atoms with Gasteiger partial charge >= 0.3 is 0 Å². The molecule has 0 spiro atoms. The molecule has 0 heterocycles. The van der Waals surface area contributed by atoms with E-state index in [1.165, 1.54) is 0 Å².